The van der Waals surface area contributed by atoms with E-state index in [1.165, 1.54) is 23.3 Å². The van der Waals surface area contributed by atoms with Gasteiger partial charge in [-0.3, -0.25) is 9.79 Å². The molecule has 7 heteroatoms. The fraction of sp³-hybridized carbons (Fsp3) is 0.333. The molecule has 0 aromatic heterocycles. The lowest BCUT2D eigenvalue weighted by Crippen LogP contribution is -2.39. The normalized spacial score (nSPS) is 11.9. The van der Waals surface area contributed by atoms with Gasteiger partial charge in [0.05, 0.1) is 12.6 Å². The summed E-state index contributed by atoms with van der Waals surface area (Å²) < 4.78 is 0. The van der Waals surface area contributed by atoms with Crippen LogP contribution >= 0.6 is 24.0 Å². The molecule has 152 valence electrons. The summed E-state index contributed by atoms with van der Waals surface area (Å²) in [5.74, 6) is 0.670. The van der Waals surface area contributed by atoms with Crippen LogP contribution in [0.15, 0.2) is 53.5 Å². The highest BCUT2D eigenvalue weighted by molar-refractivity contribution is 14.0. The van der Waals surface area contributed by atoms with Gasteiger partial charge in [0.1, 0.15) is 5.75 Å². The van der Waals surface area contributed by atoms with Gasteiger partial charge >= 0.3 is 0 Å². The van der Waals surface area contributed by atoms with E-state index in [2.05, 4.69) is 46.9 Å². The number of nitrogens with zero attached hydrogens (tertiary/aromatic N) is 1. The minimum absolute atomic E-state index is 0. The molecule has 0 aliphatic heterocycles. The molecule has 1 atom stereocenters. The third-order valence-corrected chi connectivity index (χ3v) is 4.15. The second kappa shape index (κ2) is 12.2. The summed E-state index contributed by atoms with van der Waals surface area (Å²) in [7, 11) is 0. The Labute approximate surface area is 183 Å². The highest BCUT2D eigenvalue weighted by atomic mass is 127. The quantitative estimate of drug-likeness (QED) is 0.205. The zero-order chi connectivity index (χ0) is 19.6. The SMILES string of the molecule is CCNC(=NCCNC(=O)c1ccc(O)cc1)NC(C)c1ccccc1C.I. The molecular weight excluding hydrogens is 467 g/mol. The number of carbonyl (C=O) groups is 1. The maximum atomic E-state index is 12.1. The van der Waals surface area contributed by atoms with Gasteiger partial charge in [0.25, 0.3) is 5.91 Å². The number of aliphatic imine (C=N–C) groups is 1. The molecule has 6 nitrogen and oxygen atoms in total. The first-order chi connectivity index (χ1) is 13.0. The van der Waals surface area contributed by atoms with Crippen molar-refractivity contribution in [1.82, 2.24) is 16.0 Å². The Morgan fingerprint density at radius 2 is 1.79 bits per heavy atom. The van der Waals surface area contributed by atoms with Gasteiger partial charge in [0.2, 0.25) is 0 Å². The van der Waals surface area contributed by atoms with Crippen LogP contribution in [0.25, 0.3) is 0 Å². The van der Waals surface area contributed by atoms with E-state index >= 15 is 0 Å². The number of hydrogen-bond donors (Lipinski definition) is 4. The Kier molecular flexibility index (Phi) is 10.4. The molecule has 0 heterocycles. The van der Waals surface area contributed by atoms with Gasteiger partial charge in [-0.2, -0.15) is 0 Å². The van der Waals surface area contributed by atoms with Gasteiger partial charge < -0.3 is 21.1 Å². The summed E-state index contributed by atoms with van der Waals surface area (Å²) in [5.41, 5.74) is 2.97. The first kappa shape index (κ1) is 23.7. The number of rotatable bonds is 7. The summed E-state index contributed by atoms with van der Waals surface area (Å²) in [5, 5.41) is 18.7. The van der Waals surface area contributed by atoms with E-state index in [1.807, 2.05) is 19.1 Å². The molecule has 1 unspecified atom stereocenters. The molecule has 0 saturated heterocycles. The van der Waals surface area contributed by atoms with Gasteiger partial charge in [-0.05, 0) is 56.2 Å². The molecule has 0 aliphatic rings. The summed E-state index contributed by atoms with van der Waals surface area (Å²) >= 11 is 0. The van der Waals surface area contributed by atoms with Crippen molar-refractivity contribution < 1.29 is 9.90 Å². The van der Waals surface area contributed by atoms with Crippen molar-refractivity contribution in [2.75, 3.05) is 19.6 Å². The predicted molar refractivity (Wildman–Crippen MR) is 125 cm³/mol. The maximum Gasteiger partial charge on any atom is 0.251 e. The molecule has 2 rings (SSSR count). The zero-order valence-corrected chi connectivity index (χ0v) is 18.9. The summed E-state index contributed by atoms with van der Waals surface area (Å²) in [6.45, 7) is 7.85. The molecule has 28 heavy (non-hydrogen) atoms. The van der Waals surface area contributed by atoms with E-state index in [4.69, 9.17) is 0 Å². The highest BCUT2D eigenvalue weighted by Crippen LogP contribution is 2.16. The van der Waals surface area contributed by atoms with E-state index in [0.29, 0.717) is 24.6 Å². The Bertz CT molecular complexity index is 778. The Hall–Kier alpha value is -2.29. The average Bonchev–Trinajstić information content (AvgIpc) is 2.66. The van der Waals surface area contributed by atoms with E-state index < -0.39 is 0 Å². The monoisotopic (exact) mass is 496 g/mol. The third kappa shape index (κ3) is 7.38. The van der Waals surface area contributed by atoms with Crippen LogP contribution in [-0.2, 0) is 0 Å². The first-order valence-electron chi connectivity index (χ1n) is 9.19. The fourth-order valence-electron chi connectivity index (χ4n) is 2.73. The van der Waals surface area contributed by atoms with Crippen molar-refractivity contribution in [2.24, 2.45) is 4.99 Å². The molecule has 2 aromatic carbocycles. The lowest BCUT2D eigenvalue weighted by atomic mass is 10.0. The van der Waals surface area contributed by atoms with Gasteiger partial charge in [-0.25, -0.2) is 0 Å². The number of phenols is 1. The van der Waals surface area contributed by atoms with E-state index in [9.17, 15) is 9.90 Å². The van der Waals surface area contributed by atoms with Crippen LogP contribution < -0.4 is 16.0 Å². The Balaban J connectivity index is 0.00000392. The molecular formula is C21H29IN4O2. The van der Waals surface area contributed by atoms with E-state index in [1.54, 1.807) is 12.1 Å². The molecule has 4 N–H and O–H groups in total. The topological polar surface area (TPSA) is 85.8 Å². The zero-order valence-electron chi connectivity index (χ0n) is 16.5. The molecule has 0 spiro atoms. The largest absolute Gasteiger partial charge is 0.508 e. The second-order valence-corrected chi connectivity index (χ2v) is 6.29. The van der Waals surface area contributed by atoms with Crippen molar-refractivity contribution in [2.45, 2.75) is 26.8 Å². The van der Waals surface area contributed by atoms with Crippen molar-refractivity contribution in [3.05, 3.63) is 65.2 Å². The number of halogens is 1. The van der Waals surface area contributed by atoms with Crippen LogP contribution in [0.4, 0.5) is 0 Å². The van der Waals surface area contributed by atoms with Crippen molar-refractivity contribution in [3.8, 4) is 5.75 Å². The fourth-order valence-corrected chi connectivity index (χ4v) is 2.73. The molecule has 0 radical (unpaired) electrons. The molecule has 2 aromatic rings. The number of benzene rings is 2. The smallest absolute Gasteiger partial charge is 0.251 e. The standard InChI is InChI=1S/C21H28N4O2.HI/c1-4-22-21(25-16(3)19-8-6-5-7-15(19)2)24-14-13-23-20(27)17-9-11-18(26)12-10-17;/h5-12,16,26H,4,13-14H2,1-3H3,(H,23,27)(H2,22,24,25);1H. The van der Waals surface area contributed by atoms with Crippen LogP contribution in [0.2, 0.25) is 0 Å². The Morgan fingerprint density at radius 1 is 1.11 bits per heavy atom. The van der Waals surface area contributed by atoms with E-state index in [-0.39, 0.29) is 41.7 Å². The lowest BCUT2D eigenvalue weighted by molar-refractivity contribution is 0.0955. The molecule has 0 aliphatic carbocycles. The summed E-state index contributed by atoms with van der Waals surface area (Å²) in [6, 6.07) is 14.5. The first-order valence-corrected chi connectivity index (χ1v) is 9.19. The van der Waals surface area contributed by atoms with Crippen LogP contribution in [0.3, 0.4) is 0 Å². The molecule has 0 bridgehead atoms. The van der Waals surface area contributed by atoms with Crippen LogP contribution in [0, 0.1) is 6.92 Å². The number of amides is 1. The number of hydrogen-bond acceptors (Lipinski definition) is 3. The maximum absolute atomic E-state index is 12.1. The van der Waals surface area contributed by atoms with Gasteiger partial charge in [0.15, 0.2) is 5.96 Å². The minimum Gasteiger partial charge on any atom is -0.508 e. The third-order valence-electron chi connectivity index (χ3n) is 4.15. The van der Waals surface area contributed by atoms with Crippen molar-refractivity contribution in [1.29, 1.82) is 0 Å². The predicted octanol–water partition coefficient (Wildman–Crippen LogP) is 3.36. The van der Waals surface area contributed by atoms with Gasteiger partial charge in [0, 0.05) is 18.7 Å². The number of aryl methyl sites for hydroxylation is 1. The van der Waals surface area contributed by atoms with E-state index in [0.717, 1.165) is 6.54 Å². The lowest BCUT2D eigenvalue weighted by Gasteiger charge is -2.19. The van der Waals surface area contributed by atoms with Gasteiger partial charge in [-0.1, -0.05) is 24.3 Å². The van der Waals surface area contributed by atoms with Crippen LogP contribution in [0.5, 0.6) is 5.75 Å². The highest BCUT2D eigenvalue weighted by Gasteiger charge is 2.10. The summed E-state index contributed by atoms with van der Waals surface area (Å²) in [6.07, 6.45) is 0. The number of guanidine groups is 1. The molecule has 1 amide bonds. The van der Waals surface area contributed by atoms with Crippen LogP contribution in [0.1, 0.15) is 41.4 Å². The van der Waals surface area contributed by atoms with Gasteiger partial charge in [-0.15, -0.1) is 24.0 Å². The number of carbonyl (C=O) groups excluding carboxylic acids is 1. The molecule has 0 fully saturated rings. The number of nitrogens with one attached hydrogen (secondary N) is 3. The summed E-state index contributed by atoms with van der Waals surface area (Å²) in [4.78, 5) is 16.6. The Morgan fingerprint density at radius 3 is 2.43 bits per heavy atom. The second-order valence-electron chi connectivity index (χ2n) is 6.29. The minimum atomic E-state index is -0.184. The van der Waals surface area contributed by atoms with Crippen LogP contribution in [-0.4, -0.2) is 36.6 Å². The average molecular weight is 496 g/mol. The number of aromatic hydroxyl groups is 1. The van der Waals surface area contributed by atoms with Crippen molar-refractivity contribution >= 4 is 35.8 Å². The van der Waals surface area contributed by atoms with Crippen molar-refractivity contribution in [3.63, 3.8) is 0 Å². The number of phenolic OH excluding ortho intramolecular Hbond substituents is 1. The molecule has 0 saturated carbocycles.